The van der Waals surface area contributed by atoms with E-state index in [-0.39, 0.29) is 5.82 Å². The van der Waals surface area contributed by atoms with Gasteiger partial charge in [-0.15, -0.1) is 0 Å². The summed E-state index contributed by atoms with van der Waals surface area (Å²) in [5.74, 6) is 0.672. The van der Waals surface area contributed by atoms with E-state index in [9.17, 15) is 0 Å². The van der Waals surface area contributed by atoms with E-state index in [1.165, 1.54) is 38.5 Å². The molecule has 0 N–H and O–H groups in total. The Kier molecular flexibility index (Phi) is 10.1. The van der Waals surface area contributed by atoms with Crippen LogP contribution in [-0.2, 0) is 0 Å². The second kappa shape index (κ2) is 13.2. The number of hydrogen-bond donors (Lipinski definition) is 0. The minimum Gasteiger partial charge on any atom is -0.490 e. The molecule has 3 rings (SSSR count). The van der Waals surface area contributed by atoms with Gasteiger partial charge in [-0.2, -0.15) is 0 Å². The number of pyridine rings is 1. The highest BCUT2D eigenvalue weighted by atomic mass is 19.1. The van der Waals surface area contributed by atoms with Crippen molar-refractivity contribution in [3.63, 3.8) is 0 Å². The molecule has 0 spiro atoms. The predicted octanol–water partition coefficient (Wildman–Crippen LogP) is 8.62. The van der Waals surface area contributed by atoms with Crippen LogP contribution in [0.4, 0.5) is 4.39 Å². The molecule has 0 saturated heterocycles. The molecule has 0 fully saturated rings. The lowest BCUT2D eigenvalue weighted by Crippen LogP contribution is -2.00. The van der Waals surface area contributed by atoms with Crippen molar-refractivity contribution < 1.29 is 13.9 Å². The third kappa shape index (κ3) is 6.82. The third-order valence-electron chi connectivity index (χ3n) is 5.99. The molecule has 0 bridgehead atoms. The van der Waals surface area contributed by atoms with Gasteiger partial charge in [0.1, 0.15) is 0 Å². The first kappa shape index (κ1) is 24.3. The Morgan fingerprint density at radius 2 is 1.22 bits per heavy atom. The van der Waals surface area contributed by atoms with Gasteiger partial charge >= 0.3 is 0 Å². The van der Waals surface area contributed by atoms with E-state index in [0.29, 0.717) is 30.2 Å². The molecule has 0 aliphatic rings. The first-order valence-electron chi connectivity index (χ1n) is 12.5. The highest BCUT2D eigenvalue weighted by Gasteiger charge is 2.12. The van der Waals surface area contributed by atoms with Crippen molar-refractivity contribution in [2.24, 2.45) is 0 Å². The molecule has 0 unspecified atom stereocenters. The van der Waals surface area contributed by atoms with Crippen LogP contribution in [0.5, 0.6) is 11.6 Å². The van der Waals surface area contributed by atoms with Gasteiger partial charge in [-0.05, 0) is 48.6 Å². The zero-order valence-corrected chi connectivity index (χ0v) is 19.8. The van der Waals surface area contributed by atoms with E-state index < -0.39 is 0 Å². The minimum atomic E-state index is -0.288. The number of rotatable bonds is 15. The molecule has 0 amide bonds. The average Bonchev–Trinajstić information content (AvgIpc) is 2.81. The molecule has 0 saturated carbocycles. The zero-order valence-electron chi connectivity index (χ0n) is 19.8. The van der Waals surface area contributed by atoms with Crippen LogP contribution in [-0.4, -0.2) is 18.2 Å². The summed E-state index contributed by atoms with van der Waals surface area (Å²) < 4.78 is 26.6. The van der Waals surface area contributed by atoms with Gasteiger partial charge in [-0.3, -0.25) is 0 Å². The lowest BCUT2D eigenvalue weighted by atomic mass is 10.0. The van der Waals surface area contributed by atoms with Gasteiger partial charge in [0.25, 0.3) is 0 Å². The number of hydrogen-bond acceptors (Lipinski definition) is 3. The molecule has 4 heteroatoms. The van der Waals surface area contributed by atoms with Crippen LogP contribution >= 0.6 is 0 Å². The SMILES string of the molecule is CCCCCCCCCCOc1ccc2c(ccc3nc(OCCCCC)ccc32)c1F. The molecule has 174 valence electrons. The number of nitrogens with zero attached hydrogens (tertiary/aromatic N) is 1. The van der Waals surface area contributed by atoms with Crippen LogP contribution in [0.3, 0.4) is 0 Å². The van der Waals surface area contributed by atoms with Gasteiger partial charge in [-0.25, -0.2) is 9.37 Å². The molecule has 1 aromatic heterocycles. The summed E-state index contributed by atoms with van der Waals surface area (Å²) in [4.78, 5) is 4.60. The summed E-state index contributed by atoms with van der Waals surface area (Å²) in [5, 5.41) is 2.35. The van der Waals surface area contributed by atoms with E-state index in [4.69, 9.17) is 9.47 Å². The fourth-order valence-corrected chi connectivity index (χ4v) is 4.08. The first-order chi connectivity index (χ1) is 15.7. The lowest BCUT2D eigenvalue weighted by molar-refractivity contribution is 0.291. The van der Waals surface area contributed by atoms with Crippen LogP contribution in [0.1, 0.15) is 84.5 Å². The van der Waals surface area contributed by atoms with Crippen LogP contribution in [0.15, 0.2) is 36.4 Å². The molecular weight excluding hydrogens is 401 g/mol. The van der Waals surface area contributed by atoms with E-state index in [1.807, 2.05) is 24.3 Å². The number of fused-ring (bicyclic) bond motifs is 3. The molecule has 0 radical (unpaired) electrons. The number of ether oxygens (including phenoxy) is 2. The number of benzene rings is 2. The highest BCUT2D eigenvalue weighted by molar-refractivity contribution is 6.06. The van der Waals surface area contributed by atoms with Crippen molar-refractivity contribution in [3.05, 3.63) is 42.2 Å². The monoisotopic (exact) mass is 439 g/mol. The summed E-state index contributed by atoms with van der Waals surface area (Å²) in [6.45, 7) is 5.65. The Balaban J connectivity index is 1.57. The Morgan fingerprint density at radius 1 is 0.625 bits per heavy atom. The lowest BCUT2D eigenvalue weighted by Gasteiger charge is -2.11. The molecule has 0 atom stereocenters. The summed E-state index contributed by atoms with van der Waals surface area (Å²) in [6, 6.07) is 11.2. The van der Waals surface area contributed by atoms with Gasteiger partial charge < -0.3 is 9.47 Å². The van der Waals surface area contributed by atoms with Crippen LogP contribution in [0.2, 0.25) is 0 Å². The van der Waals surface area contributed by atoms with Crippen LogP contribution in [0, 0.1) is 5.82 Å². The maximum atomic E-state index is 15.1. The topological polar surface area (TPSA) is 31.4 Å². The van der Waals surface area contributed by atoms with E-state index in [0.717, 1.165) is 48.4 Å². The van der Waals surface area contributed by atoms with Crippen molar-refractivity contribution in [1.29, 1.82) is 0 Å². The number of unbranched alkanes of at least 4 members (excludes halogenated alkanes) is 9. The Morgan fingerprint density at radius 3 is 2.00 bits per heavy atom. The molecule has 0 aliphatic heterocycles. The van der Waals surface area contributed by atoms with Gasteiger partial charge in [0, 0.05) is 16.8 Å². The summed E-state index contributed by atoms with van der Waals surface area (Å²) in [5.41, 5.74) is 0.817. The maximum absolute atomic E-state index is 15.1. The van der Waals surface area contributed by atoms with Gasteiger partial charge in [0.05, 0.1) is 18.7 Å². The maximum Gasteiger partial charge on any atom is 0.213 e. The second-order valence-corrected chi connectivity index (χ2v) is 8.63. The normalized spacial score (nSPS) is 11.3. The molecule has 0 aliphatic carbocycles. The first-order valence-corrected chi connectivity index (χ1v) is 12.5. The number of halogens is 1. The zero-order chi connectivity index (χ0) is 22.6. The summed E-state index contributed by atoms with van der Waals surface area (Å²) >= 11 is 0. The van der Waals surface area contributed by atoms with E-state index in [2.05, 4.69) is 18.8 Å². The molecule has 2 aromatic carbocycles. The molecule has 32 heavy (non-hydrogen) atoms. The summed E-state index contributed by atoms with van der Waals surface area (Å²) in [6.07, 6.45) is 13.3. The fraction of sp³-hybridized carbons (Fsp3) is 0.536. The van der Waals surface area contributed by atoms with E-state index in [1.54, 1.807) is 12.1 Å². The van der Waals surface area contributed by atoms with Gasteiger partial charge in [0.15, 0.2) is 11.6 Å². The van der Waals surface area contributed by atoms with Crippen molar-refractivity contribution in [2.45, 2.75) is 84.5 Å². The predicted molar refractivity (Wildman–Crippen MR) is 132 cm³/mol. The summed E-state index contributed by atoms with van der Waals surface area (Å²) in [7, 11) is 0. The quantitative estimate of drug-likeness (QED) is 0.175. The second-order valence-electron chi connectivity index (χ2n) is 8.63. The third-order valence-corrected chi connectivity index (χ3v) is 5.99. The van der Waals surface area contributed by atoms with Crippen LogP contribution in [0.25, 0.3) is 21.7 Å². The molecular formula is C28H38FNO2. The van der Waals surface area contributed by atoms with Crippen molar-refractivity contribution in [1.82, 2.24) is 4.98 Å². The van der Waals surface area contributed by atoms with Crippen LogP contribution < -0.4 is 9.47 Å². The van der Waals surface area contributed by atoms with E-state index >= 15 is 4.39 Å². The molecule has 3 aromatic rings. The number of aromatic nitrogens is 1. The highest BCUT2D eigenvalue weighted by Crippen LogP contribution is 2.32. The van der Waals surface area contributed by atoms with Gasteiger partial charge in [-0.1, -0.05) is 71.6 Å². The Bertz CT molecular complexity index is 972. The molecule has 3 nitrogen and oxygen atoms in total. The Hall–Kier alpha value is -2.36. The van der Waals surface area contributed by atoms with Crippen molar-refractivity contribution >= 4 is 21.7 Å². The average molecular weight is 440 g/mol. The molecule has 1 heterocycles. The van der Waals surface area contributed by atoms with Crippen molar-refractivity contribution in [2.75, 3.05) is 13.2 Å². The fourth-order valence-electron chi connectivity index (χ4n) is 4.08. The largest absolute Gasteiger partial charge is 0.490 e. The Labute approximate surface area is 192 Å². The van der Waals surface area contributed by atoms with Crippen molar-refractivity contribution in [3.8, 4) is 11.6 Å². The standard InChI is InChI=1S/C28H38FNO2/c1-3-5-7-8-9-10-11-13-20-31-26-18-15-22-23-16-19-27(32-21-12-6-4-2)30-25(23)17-14-24(22)28(26)29/h14-19H,3-13,20-21H2,1-2H3. The smallest absolute Gasteiger partial charge is 0.213 e. The van der Waals surface area contributed by atoms with Gasteiger partial charge in [0.2, 0.25) is 5.88 Å². The minimum absolute atomic E-state index is 0.288.